The van der Waals surface area contributed by atoms with Crippen LogP contribution < -0.4 is 10.6 Å². The third kappa shape index (κ3) is 3.60. The Balaban J connectivity index is 2.79. The van der Waals surface area contributed by atoms with Crippen molar-refractivity contribution < 1.29 is 0 Å². The SMILES string of the molecule is CCN(CCCN(C)C)c1nccc(C#N)c1N. The second-order valence-electron chi connectivity index (χ2n) is 4.44. The van der Waals surface area contributed by atoms with E-state index in [2.05, 4.69) is 41.9 Å². The number of nitriles is 1. The molecule has 0 aliphatic carbocycles. The second kappa shape index (κ2) is 6.82. The predicted octanol–water partition coefficient (Wildman–Crippen LogP) is 1.31. The molecule has 5 nitrogen and oxygen atoms in total. The molecular formula is C13H21N5. The van der Waals surface area contributed by atoms with Crippen LogP contribution in [0, 0.1) is 11.3 Å². The Bertz CT molecular complexity index is 422. The zero-order valence-corrected chi connectivity index (χ0v) is 11.3. The van der Waals surface area contributed by atoms with Gasteiger partial charge in [0, 0.05) is 19.3 Å². The predicted molar refractivity (Wildman–Crippen MR) is 74.4 cm³/mol. The Morgan fingerprint density at radius 3 is 2.67 bits per heavy atom. The van der Waals surface area contributed by atoms with Crippen molar-refractivity contribution in [1.29, 1.82) is 5.26 Å². The van der Waals surface area contributed by atoms with Crippen LogP contribution in [-0.2, 0) is 0 Å². The summed E-state index contributed by atoms with van der Waals surface area (Å²) in [6.45, 7) is 4.81. The smallest absolute Gasteiger partial charge is 0.153 e. The van der Waals surface area contributed by atoms with E-state index in [1.807, 2.05) is 0 Å². The molecule has 0 fully saturated rings. The summed E-state index contributed by atoms with van der Waals surface area (Å²) in [6.07, 6.45) is 2.68. The van der Waals surface area contributed by atoms with Gasteiger partial charge in [-0.3, -0.25) is 0 Å². The van der Waals surface area contributed by atoms with E-state index in [0.717, 1.165) is 31.9 Å². The highest BCUT2D eigenvalue weighted by Crippen LogP contribution is 2.23. The Morgan fingerprint density at radius 2 is 2.11 bits per heavy atom. The Hall–Kier alpha value is -1.80. The quantitative estimate of drug-likeness (QED) is 0.821. The highest BCUT2D eigenvalue weighted by molar-refractivity contribution is 5.69. The summed E-state index contributed by atoms with van der Waals surface area (Å²) in [5, 5.41) is 8.96. The molecule has 2 N–H and O–H groups in total. The first-order valence-corrected chi connectivity index (χ1v) is 6.14. The molecule has 1 aromatic rings. The maximum absolute atomic E-state index is 8.96. The molecule has 1 rings (SSSR count). The summed E-state index contributed by atoms with van der Waals surface area (Å²) in [4.78, 5) is 8.55. The third-order valence-electron chi connectivity index (χ3n) is 2.80. The van der Waals surface area contributed by atoms with E-state index < -0.39 is 0 Å². The van der Waals surface area contributed by atoms with E-state index in [-0.39, 0.29) is 0 Å². The Morgan fingerprint density at radius 1 is 1.39 bits per heavy atom. The summed E-state index contributed by atoms with van der Waals surface area (Å²) >= 11 is 0. The number of aromatic nitrogens is 1. The van der Waals surface area contributed by atoms with Gasteiger partial charge in [-0.1, -0.05) is 0 Å². The number of nitrogens with zero attached hydrogens (tertiary/aromatic N) is 4. The highest BCUT2D eigenvalue weighted by Gasteiger charge is 2.12. The van der Waals surface area contributed by atoms with Crippen LogP contribution in [0.4, 0.5) is 11.5 Å². The first kappa shape index (κ1) is 14.3. The van der Waals surface area contributed by atoms with Crippen molar-refractivity contribution in [3.63, 3.8) is 0 Å². The van der Waals surface area contributed by atoms with Crippen molar-refractivity contribution in [2.45, 2.75) is 13.3 Å². The van der Waals surface area contributed by atoms with Gasteiger partial charge >= 0.3 is 0 Å². The molecule has 0 bridgehead atoms. The van der Waals surface area contributed by atoms with Crippen LogP contribution in [0.15, 0.2) is 12.3 Å². The number of anilines is 2. The molecule has 1 heterocycles. The van der Waals surface area contributed by atoms with Crippen LogP contribution in [0.25, 0.3) is 0 Å². The van der Waals surface area contributed by atoms with Crippen LogP contribution in [0.5, 0.6) is 0 Å². The van der Waals surface area contributed by atoms with Crippen molar-refractivity contribution in [1.82, 2.24) is 9.88 Å². The van der Waals surface area contributed by atoms with Crippen LogP contribution >= 0.6 is 0 Å². The fourth-order valence-electron chi connectivity index (χ4n) is 1.80. The lowest BCUT2D eigenvalue weighted by atomic mass is 10.2. The summed E-state index contributed by atoms with van der Waals surface area (Å²) < 4.78 is 0. The van der Waals surface area contributed by atoms with E-state index in [1.165, 1.54) is 0 Å². The lowest BCUT2D eigenvalue weighted by Gasteiger charge is -2.24. The summed E-state index contributed by atoms with van der Waals surface area (Å²) in [7, 11) is 4.11. The molecule has 0 aliphatic rings. The average molecular weight is 247 g/mol. The molecule has 0 aromatic carbocycles. The van der Waals surface area contributed by atoms with E-state index in [4.69, 9.17) is 11.0 Å². The molecule has 98 valence electrons. The molecular weight excluding hydrogens is 226 g/mol. The zero-order valence-electron chi connectivity index (χ0n) is 11.3. The van der Waals surface area contributed by atoms with Gasteiger partial charge in [0.05, 0.1) is 11.3 Å². The van der Waals surface area contributed by atoms with Gasteiger partial charge in [-0.25, -0.2) is 4.98 Å². The minimum Gasteiger partial charge on any atom is -0.395 e. The van der Waals surface area contributed by atoms with Crippen molar-refractivity contribution in [2.75, 3.05) is 44.4 Å². The summed E-state index contributed by atoms with van der Waals surface area (Å²) in [6, 6.07) is 3.73. The molecule has 0 radical (unpaired) electrons. The van der Waals surface area contributed by atoms with E-state index in [1.54, 1.807) is 12.3 Å². The first-order chi connectivity index (χ1) is 8.60. The monoisotopic (exact) mass is 247 g/mol. The topological polar surface area (TPSA) is 69.2 Å². The molecule has 0 saturated heterocycles. The third-order valence-corrected chi connectivity index (χ3v) is 2.80. The molecule has 0 saturated carbocycles. The number of rotatable bonds is 6. The molecule has 0 unspecified atom stereocenters. The first-order valence-electron chi connectivity index (χ1n) is 6.14. The van der Waals surface area contributed by atoms with Crippen molar-refractivity contribution >= 4 is 11.5 Å². The van der Waals surface area contributed by atoms with E-state index in [0.29, 0.717) is 11.3 Å². The molecule has 18 heavy (non-hydrogen) atoms. The second-order valence-corrected chi connectivity index (χ2v) is 4.44. The summed E-state index contributed by atoms with van der Waals surface area (Å²) in [5.41, 5.74) is 6.93. The maximum Gasteiger partial charge on any atom is 0.153 e. The number of hydrogen-bond acceptors (Lipinski definition) is 5. The van der Waals surface area contributed by atoms with Crippen molar-refractivity contribution in [2.24, 2.45) is 0 Å². The van der Waals surface area contributed by atoms with Crippen molar-refractivity contribution in [3.8, 4) is 6.07 Å². The van der Waals surface area contributed by atoms with Crippen LogP contribution in [0.1, 0.15) is 18.9 Å². The van der Waals surface area contributed by atoms with Crippen LogP contribution in [0.2, 0.25) is 0 Å². The van der Waals surface area contributed by atoms with Gasteiger partial charge < -0.3 is 15.5 Å². The maximum atomic E-state index is 8.96. The van der Waals surface area contributed by atoms with Crippen LogP contribution in [0.3, 0.4) is 0 Å². The molecule has 0 amide bonds. The van der Waals surface area contributed by atoms with Gasteiger partial charge in [0.1, 0.15) is 6.07 Å². The van der Waals surface area contributed by atoms with Gasteiger partial charge in [0.15, 0.2) is 5.82 Å². The van der Waals surface area contributed by atoms with Crippen molar-refractivity contribution in [3.05, 3.63) is 17.8 Å². The van der Waals surface area contributed by atoms with E-state index >= 15 is 0 Å². The Kier molecular flexibility index (Phi) is 5.40. The highest BCUT2D eigenvalue weighted by atomic mass is 15.2. The fraction of sp³-hybridized carbons (Fsp3) is 0.538. The molecule has 0 atom stereocenters. The number of nitrogen functional groups attached to an aromatic ring is 1. The number of pyridine rings is 1. The molecule has 5 heteroatoms. The summed E-state index contributed by atoms with van der Waals surface area (Å²) in [5.74, 6) is 0.718. The minimum absolute atomic E-state index is 0.478. The van der Waals surface area contributed by atoms with Gasteiger partial charge in [-0.2, -0.15) is 5.26 Å². The fourth-order valence-corrected chi connectivity index (χ4v) is 1.80. The van der Waals surface area contributed by atoms with E-state index in [9.17, 15) is 0 Å². The number of hydrogen-bond donors (Lipinski definition) is 1. The van der Waals surface area contributed by atoms with Gasteiger partial charge in [-0.15, -0.1) is 0 Å². The lowest BCUT2D eigenvalue weighted by Crippen LogP contribution is -2.28. The lowest BCUT2D eigenvalue weighted by molar-refractivity contribution is 0.400. The van der Waals surface area contributed by atoms with Gasteiger partial charge in [-0.05, 0) is 40.1 Å². The molecule has 0 aliphatic heterocycles. The Labute approximate surface area is 109 Å². The molecule has 1 aromatic heterocycles. The molecule has 0 spiro atoms. The normalized spacial score (nSPS) is 10.4. The zero-order chi connectivity index (χ0) is 13.5. The standard InChI is InChI=1S/C13H21N5/c1-4-18(9-5-8-17(2)3)13-12(15)11(10-14)6-7-16-13/h6-7H,4-5,8-9,15H2,1-3H3. The van der Waals surface area contributed by atoms with Crippen LogP contribution in [-0.4, -0.2) is 43.6 Å². The minimum atomic E-state index is 0.478. The number of nitrogens with two attached hydrogens (primary N) is 1. The van der Waals surface area contributed by atoms with Gasteiger partial charge in [0.2, 0.25) is 0 Å². The van der Waals surface area contributed by atoms with Gasteiger partial charge in [0.25, 0.3) is 0 Å². The average Bonchev–Trinajstić information content (AvgIpc) is 2.35. The largest absolute Gasteiger partial charge is 0.395 e.